The maximum Gasteiger partial charge on any atom is 0.0989 e. The van der Waals surface area contributed by atoms with Gasteiger partial charge in [-0.15, -0.1) is 0 Å². The van der Waals surface area contributed by atoms with E-state index in [9.17, 15) is 4.39 Å². The van der Waals surface area contributed by atoms with Crippen LogP contribution in [0.5, 0.6) is 0 Å². The highest BCUT2D eigenvalue weighted by Gasteiger charge is 2.26. The molecule has 0 nitrogen and oxygen atoms in total. The van der Waals surface area contributed by atoms with Crippen molar-refractivity contribution in [1.82, 2.24) is 0 Å². The van der Waals surface area contributed by atoms with Crippen molar-refractivity contribution in [3.8, 4) is 0 Å². The minimum Gasteiger partial charge on any atom is -0.212 e. The minimum absolute atomic E-state index is 0.177. The highest BCUT2D eigenvalue weighted by Crippen LogP contribution is 2.36. The Morgan fingerprint density at radius 2 is 1.88 bits per heavy atom. The second-order valence-corrected chi connectivity index (χ2v) is 4.95. The zero-order chi connectivity index (χ0) is 13.9. The first-order valence-electron chi connectivity index (χ1n) is 6.94. The third-order valence-corrected chi connectivity index (χ3v) is 2.83. The van der Waals surface area contributed by atoms with Crippen LogP contribution in [0.4, 0.5) is 4.39 Å². The van der Waals surface area contributed by atoms with Crippen LogP contribution in [0, 0.1) is 11.3 Å². The lowest BCUT2D eigenvalue weighted by Crippen LogP contribution is -2.15. The summed E-state index contributed by atoms with van der Waals surface area (Å²) in [5, 5.41) is 0. The Kier molecular flexibility index (Phi) is 11.7. The highest BCUT2D eigenvalue weighted by atomic mass is 19.1. The zero-order valence-corrected chi connectivity index (χ0v) is 12.6. The lowest BCUT2D eigenvalue weighted by atomic mass is 9.80. The van der Waals surface area contributed by atoms with Gasteiger partial charge >= 0.3 is 0 Å². The Balaban J connectivity index is 0. The summed E-state index contributed by atoms with van der Waals surface area (Å²) in [6, 6.07) is 0. The molecule has 0 aliphatic rings. The van der Waals surface area contributed by atoms with Gasteiger partial charge in [0.1, 0.15) is 0 Å². The Hall–Kier alpha value is -0.590. The molecule has 0 fully saturated rings. The fourth-order valence-electron chi connectivity index (χ4n) is 1.52. The monoisotopic (exact) mass is 242 g/mol. The zero-order valence-electron chi connectivity index (χ0n) is 12.6. The first-order chi connectivity index (χ1) is 7.92. The van der Waals surface area contributed by atoms with E-state index in [-0.39, 0.29) is 11.2 Å². The molecule has 0 heterocycles. The van der Waals surface area contributed by atoms with E-state index >= 15 is 0 Å². The number of allylic oxidation sites excluding steroid dienone is 3. The first kappa shape index (κ1) is 18.8. The summed E-state index contributed by atoms with van der Waals surface area (Å²) in [7, 11) is 0. The van der Waals surface area contributed by atoms with E-state index in [0.717, 1.165) is 25.7 Å². The van der Waals surface area contributed by atoms with Gasteiger partial charge in [-0.25, -0.2) is 4.39 Å². The van der Waals surface area contributed by atoms with E-state index in [4.69, 9.17) is 0 Å². The predicted molar refractivity (Wildman–Crippen MR) is 77.8 cm³/mol. The summed E-state index contributed by atoms with van der Waals surface area (Å²) in [5.41, 5.74) is -0.360. The predicted octanol–water partition coefficient (Wildman–Crippen LogP) is 6.29. The Labute approximate surface area is 108 Å². The molecule has 1 atom stereocenters. The fourth-order valence-corrected chi connectivity index (χ4v) is 1.52. The largest absolute Gasteiger partial charge is 0.212 e. The molecule has 1 heteroatoms. The number of halogens is 1. The van der Waals surface area contributed by atoms with E-state index < -0.39 is 0 Å². The van der Waals surface area contributed by atoms with Crippen LogP contribution in [0.3, 0.4) is 0 Å². The summed E-state index contributed by atoms with van der Waals surface area (Å²) in [6.07, 6.45) is 8.05. The van der Waals surface area contributed by atoms with Crippen molar-refractivity contribution in [1.29, 1.82) is 0 Å². The molecule has 0 saturated carbocycles. The highest BCUT2D eigenvalue weighted by molar-refractivity contribution is 5.04. The van der Waals surface area contributed by atoms with Crippen molar-refractivity contribution in [3.05, 3.63) is 24.6 Å². The standard InChI is InChI=1S/C14H25F.C2H6/c1-6-7-10-14(5,13(4)15)11-8-9-12(2)3;1-2/h8-9,12H,4,6-7,10-11H2,1-3,5H3;1-2H3/b9-8-;. The van der Waals surface area contributed by atoms with Gasteiger partial charge in [0.2, 0.25) is 0 Å². The molecule has 102 valence electrons. The van der Waals surface area contributed by atoms with E-state index in [2.05, 4.69) is 39.5 Å². The fraction of sp³-hybridized carbons (Fsp3) is 0.750. The van der Waals surface area contributed by atoms with Crippen LogP contribution in [0.2, 0.25) is 0 Å². The lowest BCUT2D eigenvalue weighted by molar-refractivity contribution is 0.289. The lowest BCUT2D eigenvalue weighted by Gasteiger charge is -2.26. The molecule has 0 spiro atoms. The van der Waals surface area contributed by atoms with Gasteiger partial charge in [0, 0.05) is 5.41 Å². The van der Waals surface area contributed by atoms with Gasteiger partial charge in [0.15, 0.2) is 0 Å². The molecule has 0 N–H and O–H groups in total. The maximum atomic E-state index is 13.4. The molecule has 0 rings (SSSR count). The third kappa shape index (κ3) is 9.14. The van der Waals surface area contributed by atoms with Gasteiger partial charge in [0.05, 0.1) is 5.83 Å². The van der Waals surface area contributed by atoms with Crippen molar-refractivity contribution in [2.24, 2.45) is 11.3 Å². The van der Waals surface area contributed by atoms with Gasteiger partial charge < -0.3 is 0 Å². The van der Waals surface area contributed by atoms with Gasteiger partial charge in [-0.3, -0.25) is 0 Å². The number of hydrogen-bond acceptors (Lipinski definition) is 0. The molecule has 0 bridgehead atoms. The van der Waals surface area contributed by atoms with Gasteiger partial charge in [0.25, 0.3) is 0 Å². The van der Waals surface area contributed by atoms with Crippen molar-refractivity contribution in [2.45, 2.75) is 67.2 Å². The number of unbranched alkanes of at least 4 members (excludes halogenated alkanes) is 1. The van der Waals surface area contributed by atoms with Crippen LogP contribution in [-0.2, 0) is 0 Å². The Bertz CT molecular complexity index is 216. The van der Waals surface area contributed by atoms with Crippen LogP contribution >= 0.6 is 0 Å². The molecular weight excluding hydrogens is 211 g/mol. The molecule has 0 amide bonds. The summed E-state index contributed by atoms with van der Waals surface area (Å²) < 4.78 is 13.4. The molecule has 0 radical (unpaired) electrons. The first-order valence-corrected chi connectivity index (χ1v) is 6.94. The van der Waals surface area contributed by atoms with Gasteiger partial charge in [-0.2, -0.15) is 0 Å². The van der Waals surface area contributed by atoms with Crippen LogP contribution in [-0.4, -0.2) is 0 Å². The third-order valence-electron chi connectivity index (χ3n) is 2.83. The Morgan fingerprint density at radius 1 is 1.35 bits per heavy atom. The normalized spacial score (nSPS) is 14.4. The van der Waals surface area contributed by atoms with Crippen LogP contribution in [0.15, 0.2) is 24.6 Å². The van der Waals surface area contributed by atoms with Crippen molar-refractivity contribution in [2.75, 3.05) is 0 Å². The second-order valence-electron chi connectivity index (χ2n) is 4.95. The molecule has 17 heavy (non-hydrogen) atoms. The average Bonchev–Trinajstić information content (AvgIpc) is 2.28. The maximum absolute atomic E-state index is 13.4. The van der Waals surface area contributed by atoms with Crippen molar-refractivity contribution in [3.63, 3.8) is 0 Å². The molecular formula is C16H31F. The van der Waals surface area contributed by atoms with Crippen molar-refractivity contribution >= 4 is 0 Å². The van der Waals surface area contributed by atoms with Crippen LogP contribution in [0.25, 0.3) is 0 Å². The molecule has 1 unspecified atom stereocenters. The minimum atomic E-state index is -0.360. The molecule has 0 aromatic rings. The van der Waals surface area contributed by atoms with Gasteiger partial charge in [-0.05, 0) is 18.8 Å². The van der Waals surface area contributed by atoms with E-state index in [1.165, 1.54) is 0 Å². The van der Waals surface area contributed by atoms with Crippen molar-refractivity contribution < 1.29 is 4.39 Å². The molecule has 0 aliphatic carbocycles. The summed E-state index contributed by atoms with van der Waals surface area (Å²) >= 11 is 0. The van der Waals surface area contributed by atoms with E-state index in [1.54, 1.807) is 0 Å². The second kappa shape index (κ2) is 10.6. The molecule has 0 aromatic heterocycles. The molecule has 0 aromatic carbocycles. The average molecular weight is 242 g/mol. The SMILES string of the molecule is C=C(F)C(C)(C/C=C\C(C)C)CCCC.CC. The number of rotatable bonds is 7. The summed E-state index contributed by atoms with van der Waals surface area (Å²) in [4.78, 5) is 0. The quantitative estimate of drug-likeness (QED) is 0.460. The topological polar surface area (TPSA) is 0 Å². The number of hydrogen-bond donors (Lipinski definition) is 0. The molecule has 0 saturated heterocycles. The van der Waals surface area contributed by atoms with E-state index in [0.29, 0.717) is 5.92 Å². The van der Waals surface area contributed by atoms with Gasteiger partial charge in [-0.1, -0.05) is 73.1 Å². The van der Waals surface area contributed by atoms with E-state index in [1.807, 2.05) is 20.8 Å². The smallest absolute Gasteiger partial charge is 0.0989 e. The summed E-state index contributed by atoms with van der Waals surface area (Å²) in [5.74, 6) is 0.359. The van der Waals surface area contributed by atoms with Crippen LogP contribution < -0.4 is 0 Å². The summed E-state index contributed by atoms with van der Waals surface area (Å²) in [6.45, 7) is 15.8. The Morgan fingerprint density at radius 3 is 2.24 bits per heavy atom. The van der Waals surface area contributed by atoms with Crippen LogP contribution in [0.1, 0.15) is 67.2 Å². The molecule has 0 aliphatic heterocycles.